The molecule has 0 heterocycles. The van der Waals surface area contributed by atoms with Crippen LogP contribution in [-0.2, 0) is 0 Å². The summed E-state index contributed by atoms with van der Waals surface area (Å²) >= 11 is 0. The maximum Gasteiger partial charge on any atom is 0.128 e. The molecule has 0 saturated heterocycles. The maximum absolute atomic E-state index is 13.2. The Kier molecular flexibility index (Phi) is 3.77. The Labute approximate surface area is 82.2 Å². The van der Waals surface area contributed by atoms with Crippen molar-refractivity contribution in [1.29, 1.82) is 0 Å². The molecular weight excluding hydrogens is 184 g/mol. The van der Waals surface area contributed by atoms with Crippen LogP contribution in [-0.4, -0.2) is 0 Å². The molecule has 14 heavy (non-hydrogen) atoms. The number of hydrogen-bond acceptors (Lipinski definition) is 1. The summed E-state index contributed by atoms with van der Waals surface area (Å²) in [6.07, 6.45) is 2.97. The molecule has 3 heteroatoms. The summed E-state index contributed by atoms with van der Waals surface area (Å²) < 4.78 is 26.0. The number of allylic oxidation sites excluding steroid dienone is 1. The smallest absolute Gasteiger partial charge is 0.128 e. The first-order valence-electron chi connectivity index (χ1n) is 4.46. The van der Waals surface area contributed by atoms with Crippen LogP contribution < -0.4 is 5.73 Å². The van der Waals surface area contributed by atoms with E-state index in [4.69, 9.17) is 5.73 Å². The first kappa shape index (κ1) is 10.9. The molecular formula is C11H13F2N. The van der Waals surface area contributed by atoms with Gasteiger partial charge in [0.2, 0.25) is 0 Å². The fourth-order valence-electron chi connectivity index (χ4n) is 1.25. The van der Waals surface area contributed by atoms with Crippen LogP contribution in [0.3, 0.4) is 0 Å². The first-order valence-corrected chi connectivity index (χ1v) is 4.46. The van der Waals surface area contributed by atoms with Crippen molar-refractivity contribution in [3.63, 3.8) is 0 Å². The topological polar surface area (TPSA) is 26.0 Å². The van der Waals surface area contributed by atoms with Gasteiger partial charge in [0.05, 0.1) is 0 Å². The molecule has 0 aliphatic carbocycles. The average molecular weight is 197 g/mol. The first-order chi connectivity index (χ1) is 6.65. The molecule has 0 amide bonds. The Morgan fingerprint density at radius 3 is 2.79 bits per heavy atom. The van der Waals surface area contributed by atoms with Gasteiger partial charge in [-0.05, 0) is 31.0 Å². The molecule has 0 fully saturated rings. The Hall–Kier alpha value is -1.22. The van der Waals surface area contributed by atoms with E-state index in [0.717, 1.165) is 18.2 Å². The molecule has 0 radical (unpaired) electrons. The van der Waals surface area contributed by atoms with Crippen LogP contribution >= 0.6 is 0 Å². The van der Waals surface area contributed by atoms with E-state index in [0.29, 0.717) is 12.8 Å². The summed E-state index contributed by atoms with van der Waals surface area (Å²) in [7, 11) is 0. The van der Waals surface area contributed by atoms with E-state index >= 15 is 0 Å². The van der Waals surface area contributed by atoms with E-state index in [2.05, 4.69) is 6.58 Å². The Balaban J connectivity index is 2.82. The lowest BCUT2D eigenvalue weighted by Crippen LogP contribution is -2.12. The number of halogens is 2. The summed E-state index contributed by atoms with van der Waals surface area (Å²) in [5.74, 6) is -0.918. The van der Waals surface area contributed by atoms with Crippen molar-refractivity contribution in [1.82, 2.24) is 0 Å². The molecule has 0 saturated carbocycles. The molecule has 0 bridgehead atoms. The zero-order chi connectivity index (χ0) is 10.6. The van der Waals surface area contributed by atoms with Crippen LogP contribution in [0.15, 0.2) is 30.9 Å². The van der Waals surface area contributed by atoms with E-state index in [-0.39, 0.29) is 5.56 Å². The van der Waals surface area contributed by atoms with E-state index < -0.39 is 17.7 Å². The largest absolute Gasteiger partial charge is 0.324 e. The van der Waals surface area contributed by atoms with Gasteiger partial charge in [-0.25, -0.2) is 8.78 Å². The molecule has 1 aromatic carbocycles. The highest BCUT2D eigenvalue weighted by Gasteiger charge is 2.11. The summed E-state index contributed by atoms with van der Waals surface area (Å²) in [6, 6.07) is 2.85. The van der Waals surface area contributed by atoms with Crippen molar-refractivity contribution >= 4 is 0 Å². The second-order valence-electron chi connectivity index (χ2n) is 3.14. The zero-order valence-corrected chi connectivity index (χ0v) is 7.84. The lowest BCUT2D eigenvalue weighted by atomic mass is 10.0. The van der Waals surface area contributed by atoms with Crippen molar-refractivity contribution in [2.24, 2.45) is 5.73 Å². The van der Waals surface area contributed by atoms with Gasteiger partial charge in [0.1, 0.15) is 11.6 Å². The van der Waals surface area contributed by atoms with Gasteiger partial charge >= 0.3 is 0 Å². The predicted octanol–water partition coefficient (Wildman–Crippen LogP) is 2.93. The van der Waals surface area contributed by atoms with Crippen LogP contribution in [0.2, 0.25) is 0 Å². The van der Waals surface area contributed by atoms with Gasteiger partial charge in [0.15, 0.2) is 0 Å². The Morgan fingerprint density at radius 2 is 2.14 bits per heavy atom. The molecule has 1 rings (SSSR count). The molecule has 1 atom stereocenters. The lowest BCUT2D eigenvalue weighted by molar-refractivity contribution is 0.550. The minimum absolute atomic E-state index is 0.229. The standard InChI is InChI=1S/C11H13F2N/c1-2-3-4-11(14)9-7-8(12)5-6-10(9)13/h2,5-7,11H,1,3-4,14H2. The number of benzene rings is 1. The fraction of sp³-hybridized carbons (Fsp3) is 0.273. The zero-order valence-electron chi connectivity index (χ0n) is 7.84. The lowest BCUT2D eigenvalue weighted by Gasteiger charge is -2.11. The van der Waals surface area contributed by atoms with Gasteiger partial charge in [0, 0.05) is 11.6 Å². The average Bonchev–Trinajstić information content (AvgIpc) is 2.18. The van der Waals surface area contributed by atoms with Crippen LogP contribution in [0.25, 0.3) is 0 Å². The highest BCUT2D eigenvalue weighted by molar-refractivity contribution is 5.21. The number of rotatable bonds is 4. The van der Waals surface area contributed by atoms with Gasteiger partial charge in [0.25, 0.3) is 0 Å². The number of hydrogen-bond donors (Lipinski definition) is 1. The SMILES string of the molecule is C=CCCC(N)c1cc(F)ccc1F. The van der Waals surface area contributed by atoms with Gasteiger partial charge < -0.3 is 5.73 Å². The monoisotopic (exact) mass is 197 g/mol. The van der Waals surface area contributed by atoms with E-state index in [1.165, 1.54) is 0 Å². The predicted molar refractivity (Wildman–Crippen MR) is 52.7 cm³/mol. The highest BCUT2D eigenvalue weighted by Crippen LogP contribution is 2.20. The van der Waals surface area contributed by atoms with E-state index in [1.807, 2.05) is 0 Å². The second kappa shape index (κ2) is 4.86. The van der Waals surface area contributed by atoms with Crippen LogP contribution in [0, 0.1) is 11.6 Å². The highest BCUT2D eigenvalue weighted by atomic mass is 19.1. The van der Waals surface area contributed by atoms with Crippen LogP contribution in [0.1, 0.15) is 24.4 Å². The molecule has 0 spiro atoms. The summed E-state index contributed by atoms with van der Waals surface area (Å²) in [5.41, 5.74) is 5.92. The van der Waals surface area contributed by atoms with Crippen LogP contribution in [0.4, 0.5) is 8.78 Å². The minimum atomic E-state index is -0.469. The Bertz CT molecular complexity index is 323. The van der Waals surface area contributed by atoms with Crippen molar-refractivity contribution < 1.29 is 8.78 Å². The molecule has 1 unspecified atom stereocenters. The summed E-state index contributed by atoms with van der Waals surface area (Å²) in [6.45, 7) is 3.54. The second-order valence-corrected chi connectivity index (χ2v) is 3.14. The molecule has 1 aromatic rings. The molecule has 0 aromatic heterocycles. The third-order valence-electron chi connectivity index (χ3n) is 2.04. The third kappa shape index (κ3) is 2.64. The third-order valence-corrected chi connectivity index (χ3v) is 2.04. The Morgan fingerprint density at radius 1 is 1.43 bits per heavy atom. The number of nitrogens with two attached hydrogens (primary N) is 1. The molecule has 2 N–H and O–H groups in total. The maximum atomic E-state index is 13.2. The minimum Gasteiger partial charge on any atom is -0.324 e. The fourth-order valence-corrected chi connectivity index (χ4v) is 1.25. The molecule has 76 valence electrons. The quantitative estimate of drug-likeness (QED) is 0.738. The van der Waals surface area contributed by atoms with Crippen molar-refractivity contribution in [2.75, 3.05) is 0 Å². The van der Waals surface area contributed by atoms with Gasteiger partial charge in [-0.15, -0.1) is 6.58 Å². The van der Waals surface area contributed by atoms with Gasteiger partial charge in [-0.3, -0.25) is 0 Å². The normalized spacial score (nSPS) is 12.5. The van der Waals surface area contributed by atoms with Gasteiger partial charge in [-0.2, -0.15) is 0 Å². The summed E-state index contributed by atoms with van der Waals surface area (Å²) in [5, 5.41) is 0. The van der Waals surface area contributed by atoms with Crippen molar-refractivity contribution in [2.45, 2.75) is 18.9 Å². The van der Waals surface area contributed by atoms with E-state index in [1.54, 1.807) is 6.08 Å². The van der Waals surface area contributed by atoms with Crippen molar-refractivity contribution in [3.8, 4) is 0 Å². The summed E-state index contributed by atoms with van der Waals surface area (Å²) in [4.78, 5) is 0. The molecule has 0 aliphatic heterocycles. The van der Waals surface area contributed by atoms with E-state index in [9.17, 15) is 8.78 Å². The molecule has 0 aliphatic rings. The van der Waals surface area contributed by atoms with Crippen molar-refractivity contribution in [3.05, 3.63) is 48.1 Å². The molecule has 1 nitrogen and oxygen atoms in total. The van der Waals surface area contributed by atoms with Gasteiger partial charge in [-0.1, -0.05) is 6.08 Å². The van der Waals surface area contributed by atoms with Crippen LogP contribution in [0.5, 0.6) is 0 Å².